The molecular formula is C15H29N3. The number of rotatable bonds is 2. The molecule has 2 rings (SSSR count). The minimum Gasteiger partial charge on any atom is -0.306 e. The maximum absolute atomic E-state index is 4.61. The molecule has 1 aromatic heterocycles. The van der Waals surface area contributed by atoms with Crippen LogP contribution in [0.25, 0.3) is 0 Å². The third kappa shape index (κ3) is 3.58. The monoisotopic (exact) mass is 251 g/mol. The molecule has 0 saturated carbocycles. The molecule has 0 unspecified atom stereocenters. The van der Waals surface area contributed by atoms with E-state index in [1.165, 1.54) is 31.6 Å². The second kappa shape index (κ2) is 6.93. The molecule has 0 amide bonds. The number of hydrogen-bond acceptors (Lipinski definition) is 2. The zero-order valence-corrected chi connectivity index (χ0v) is 12.9. The van der Waals surface area contributed by atoms with Crippen LogP contribution in [0, 0.1) is 6.92 Å². The summed E-state index contributed by atoms with van der Waals surface area (Å²) in [5, 5.41) is 4.61. The van der Waals surface area contributed by atoms with Crippen molar-refractivity contribution in [3.63, 3.8) is 0 Å². The van der Waals surface area contributed by atoms with Crippen molar-refractivity contribution in [2.75, 3.05) is 20.1 Å². The highest BCUT2D eigenvalue weighted by atomic mass is 15.3. The molecule has 1 aliphatic rings. The molecular weight excluding hydrogens is 222 g/mol. The lowest BCUT2D eigenvalue weighted by atomic mass is 9.93. The van der Waals surface area contributed by atoms with Gasteiger partial charge in [-0.3, -0.25) is 4.68 Å². The minimum absolute atomic E-state index is 0.475. The summed E-state index contributed by atoms with van der Waals surface area (Å²) in [5.74, 6) is 0.708. The van der Waals surface area contributed by atoms with Gasteiger partial charge in [0, 0.05) is 17.7 Å². The van der Waals surface area contributed by atoms with E-state index in [2.05, 4.69) is 48.6 Å². The molecule has 104 valence electrons. The Balaban J connectivity index is 0.000000771. The van der Waals surface area contributed by atoms with Crippen molar-refractivity contribution >= 4 is 0 Å². The molecule has 0 atom stereocenters. The van der Waals surface area contributed by atoms with E-state index >= 15 is 0 Å². The van der Waals surface area contributed by atoms with Crippen molar-refractivity contribution in [1.82, 2.24) is 14.7 Å². The van der Waals surface area contributed by atoms with Crippen molar-refractivity contribution < 1.29 is 0 Å². The third-order valence-electron chi connectivity index (χ3n) is 3.51. The number of likely N-dealkylation sites (tertiary alicyclic amines) is 1. The first-order chi connectivity index (χ1) is 8.58. The summed E-state index contributed by atoms with van der Waals surface area (Å²) in [6.45, 7) is 13.0. The van der Waals surface area contributed by atoms with Crippen LogP contribution in [0.2, 0.25) is 0 Å². The predicted molar refractivity (Wildman–Crippen MR) is 78.2 cm³/mol. The average molecular weight is 251 g/mol. The molecule has 1 aromatic rings. The topological polar surface area (TPSA) is 21.1 Å². The van der Waals surface area contributed by atoms with E-state index in [0.717, 1.165) is 5.69 Å². The number of piperidine rings is 1. The first-order valence-corrected chi connectivity index (χ1v) is 7.32. The number of aryl methyl sites for hydroxylation is 1. The van der Waals surface area contributed by atoms with Gasteiger partial charge in [0.05, 0.1) is 5.69 Å². The van der Waals surface area contributed by atoms with E-state index < -0.39 is 0 Å². The molecule has 0 bridgehead atoms. The van der Waals surface area contributed by atoms with Crippen LogP contribution < -0.4 is 0 Å². The first-order valence-electron chi connectivity index (χ1n) is 7.32. The lowest BCUT2D eigenvalue weighted by Gasteiger charge is -2.29. The highest BCUT2D eigenvalue weighted by molar-refractivity contribution is 5.15. The number of nitrogens with zero attached hydrogens (tertiary/aromatic N) is 3. The largest absolute Gasteiger partial charge is 0.306 e. The van der Waals surface area contributed by atoms with E-state index in [0.29, 0.717) is 12.0 Å². The Hall–Kier alpha value is -0.830. The summed E-state index contributed by atoms with van der Waals surface area (Å²) in [7, 11) is 2.21. The van der Waals surface area contributed by atoms with E-state index in [1.54, 1.807) is 0 Å². The normalized spacial score (nSPS) is 17.7. The quantitative estimate of drug-likeness (QED) is 0.800. The van der Waals surface area contributed by atoms with Crippen LogP contribution in [0.3, 0.4) is 0 Å². The Labute approximate surface area is 112 Å². The summed E-state index contributed by atoms with van der Waals surface area (Å²) in [6, 6.07) is 2.75. The molecule has 3 heteroatoms. The Morgan fingerprint density at radius 3 is 2.28 bits per heavy atom. The molecule has 1 fully saturated rings. The highest BCUT2D eigenvalue weighted by Crippen LogP contribution is 2.29. The zero-order chi connectivity index (χ0) is 13.7. The molecule has 0 spiro atoms. The van der Waals surface area contributed by atoms with Gasteiger partial charge in [0.1, 0.15) is 0 Å². The lowest BCUT2D eigenvalue weighted by molar-refractivity contribution is 0.248. The van der Waals surface area contributed by atoms with Gasteiger partial charge in [-0.25, -0.2) is 0 Å². The third-order valence-corrected chi connectivity index (χ3v) is 3.51. The van der Waals surface area contributed by atoms with Crippen molar-refractivity contribution in [2.24, 2.45) is 0 Å². The molecule has 1 aliphatic heterocycles. The van der Waals surface area contributed by atoms with Gasteiger partial charge in [0.25, 0.3) is 0 Å². The molecule has 2 heterocycles. The van der Waals surface area contributed by atoms with Gasteiger partial charge in [-0.05, 0) is 59.8 Å². The second-order valence-electron chi connectivity index (χ2n) is 5.33. The first kappa shape index (κ1) is 15.2. The van der Waals surface area contributed by atoms with Crippen LogP contribution in [0.15, 0.2) is 6.07 Å². The minimum atomic E-state index is 0.475. The van der Waals surface area contributed by atoms with E-state index in [1.807, 2.05) is 13.8 Å². The predicted octanol–water partition coefficient (Wildman–Crippen LogP) is 3.61. The maximum atomic E-state index is 4.61. The van der Waals surface area contributed by atoms with Crippen molar-refractivity contribution in [3.05, 3.63) is 17.5 Å². The summed E-state index contributed by atoms with van der Waals surface area (Å²) in [4.78, 5) is 2.42. The van der Waals surface area contributed by atoms with Gasteiger partial charge < -0.3 is 4.90 Å². The summed E-state index contributed by atoms with van der Waals surface area (Å²) in [5.41, 5.74) is 2.60. The standard InChI is InChI=1S/C13H23N3.C2H6/c1-10(2)16-13(9-11(3)14-16)12-5-7-15(4)8-6-12;1-2/h9-10,12H,5-8H2,1-4H3;1-2H3. The van der Waals surface area contributed by atoms with Crippen LogP contribution in [0.1, 0.15) is 63.9 Å². The lowest BCUT2D eigenvalue weighted by Crippen LogP contribution is -2.30. The molecule has 0 N–H and O–H groups in total. The van der Waals surface area contributed by atoms with E-state index in [-0.39, 0.29) is 0 Å². The fourth-order valence-corrected chi connectivity index (χ4v) is 2.56. The van der Waals surface area contributed by atoms with Gasteiger partial charge in [-0.1, -0.05) is 13.8 Å². The Bertz CT molecular complexity index is 347. The van der Waals surface area contributed by atoms with Gasteiger partial charge in [-0.2, -0.15) is 5.10 Å². The Kier molecular flexibility index (Phi) is 5.86. The number of aromatic nitrogens is 2. The highest BCUT2D eigenvalue weighted by Gasteiger charge is 2.22. The van der Waals surface area contributed by atoms with Gasteiger partial charge in [0.2, 0.25) is 0 Å². The van der Waals surface area contributed by atoms with Crippen molar-refractivity contribution in [1.29, 1.82) is 0 Å². The summed E-state index contributed by atoms with van der Waals surface area (Å²) in [6.07, 6.45) is 2.54. The van der Waals surface area contributed by atoms with Crippen LogP contribution in [0.4, 0.5) is 0 Å². The molecule has 18 heavy (non-hydrogen) atoms. The van der Waals surface area contributed by atoms with Gasteiger partial charge in [0.15, 0.2) is 0 Å². The Morgan fingerprint density at radius 2 is 1.78 bits per heavy atom. The molecule has 0 radical (unpaired) electrons. The molecule has 0 aliphatic carbocycles. The van der Waals surface area contributed by atoms with Crippen LogP contribution in [-0.4, -0.2) is 34.8 Å². The zero-order valence-electron chi connectivity index (χ0n) is 12.9. The van der Waals surface area contributed by atoms with Crippen LogP contribution in [0.5, 0.6) is 0 Å². The SMILES string of the molecule is CC.Cc1cc(C2CCN(C)CC2)n(C(C)C)n1. The second-order valence-corrected chi connectivity index (χ2v) is 5.33. The van der Waals surface area contributed by atoms with E-state index in [4.69, 9.17) is 0 Å². The van der Waals surface area contributed by atoms with Gasteiger partial charge in [-0.15, -0.1) is 0 Å². The van der Waals surface area contributed by atoms with Crippen LogP contribution in [-0.2, 0) is 0 Å². The smallest absolute Gasteiger partial charge is 0.0596 e. The van der Waals surface area contributed by atoms with E-state index in [9.17, 15) is 0 Å². The fourth-order valence-electron chi connectivity index (χ4n) is 2.56. The van der Waals surface area contributed by atoms with Crippen molar-refractivity contribution in [3.8, 4) is 0 Å². The van der Waals surface area contributed by atoms with Gasteiger partial charge >= 0.3 is 0 Å². The number of hydrogen-bond donors (Lipinski definition) is 0. The maximum Gasteiger partial charge on any atom is 0.0596 e. The van der Waals surface area contributed by atoms with Crippen molar-refractivity contribution in [2.45, 2.75) is 59.4 Å². The average Bonchev–Trinajstić information content (AvgIpc) is 2.75. The Morgan fingerprint density at radius 1 is 1.22 bits per heavy atom. The van der Waals surface area contributed by atoms with Crippen LogP contribution >= 0.6 is 0 Å². The fraction of sp³-hybridized carbons (Fsp3) is 0.800. The molecule has 0 aromatic carbocycles. The molecule has 1 saturated heterocycles. The summed E-state index contributed by atoms with van der Waals surface area (Å²) < 4.78 is 2.21. The molecule has 3 nitrogen and oxygen atoms in total. The summed E-state index contributed by atoms with van der Waals surface area (Å²) >= 11 is 0.